The van der Waals surface area contributed by atoms with Crippen LogP contribution in [0.15, 0.2) is 63.9 Å². The van der Waals surface area contributed by atoms with Crippen LogP contribution in [0.25, 0.3) is 0 Å². The fourth-order valence-electron chi connectivity index (χ4n) is 4.32. The molecule has 1 N–H and O–H groups in total. The van der Waals surface area contributed by atoms with E-state index in [4.69, 9.17) is 0 Å². The zero-order chi connectivity index (χ0) is 21.1. The van der Waals surface area contributed by atoms with Gasteiger partial charge in [-0.25, -0.2) is 0 Å². The minimum atomic E-state index is -3.70. The van der Waals surface area contributed by atoms with Crippen molar-refractivity contribution in [3.8, 4) is 0 Å². The molecule has 158 valence electrons. The minimum Gasteiger partial charge on any atom is -0.354 e. The minimum absolute atomic E-state index is 0.0615. The summed E-state index contributed by atoms with van der Waals surface area (Å²) in [6, 6.07) is 16.6. The van der Waals surface area contributed by atoms with Crippen LogP contribution in [0.1, 0.15) is 49.7 Å². The Labute approximate surface area is 178 Å². The van der Waals surface area contributed by atoms with Gasteiger partial charge >= 0.3 is 0 Å². The molecule has 2 aliphatic rings. The van der Waals surface area contributed by atoms with Crippen LogP contribution in [0.5, 0.6) is 0 Å². The Bertz CT molecular complexity index is 1050. The number of likely N-dealkylation sites (tertiary alicyclic amines) is 1. The highest BCUT2D eigenvalue weighted by atomic mass is 32.2. The average molecular weight is 426 g/mol. The van der Waals surface area contributed by atoms with Gasteiger partial charge in [0.1, 0.15) is 10.9 Å². The third-order valence-corrected chi connectivity index (χ3v) is 7.30. The lowest BCUT2D eigenvalue weighted by molar-refractivity contribution is -0.126. The molecule has 4 rings (SSSR count). The van der Waals surface area contributed by atoms with Crippen molar-refractivity contribution in [2.45, 2.75) is 49.5 Å². The number of nitrogens with zero attached hydrogens (tertiary/aromatic N) is 2. The lowest BCUT2D eigenvalue weighted by Crippen LogP contribution is -2.52. The molecule has 6 nitrogen and oxygen atoms in total. The molecule has 2 aromatic carbocycles. The molecule has 1 amide bonds. The van der Waals surface area contributed by atoms with Crippen LogP contribution in [-0.4, -0.2) is 44.2 Å². The second kappa shape index (κ2) is 8.60. The Morgan fingerprint density at radius 2 is 1.87 bits per heavy atom. The second-order valence-corrected chi connectivity index (χ2v) is 9.42. The first-order chi connectivity index (χ1) is 14.5. The van der Waals surface area contributed by atoms with Crippen LogP contribution in [0.2, 0.25) is 0 Å². The first-order valence-corrected chi connectivity index (χ1v) is 12.0. The second-order valence-electron chi connectivity index (χ2n) is 7.85. The highest BCUT2D eigenvalue weighted by molar-refractivity contribution is 7.90. The van der Waals surface area contributed by atoms with Gasteiger partial charge in [-0.2, -0.15) is 8.42 Å². The Hall–Kier alpha value is -2.67. The van der Waals surface area contributed by atoms with Crippen molar-refractivity contribution in [2.24, 2.45) is 4.40 Å². The van der Waals surface area contributed by atoms with Crippen molar-refractivity contribution in [3.05, 3.63) is 65.7 Å². The SMILES string of the molecule is CC[C@@H](CNC(=O)[C@H]1CCCCN1C1=NS(=O)(=O)c2ccccc21)c1ccccc1. The summed E-state index contributed by atoms with van der Waals surface area (Å²) in [5, 5.41) is 3.11. The number of amides is 1. The molecule has 0 aliphatic carbocycles. The van der Waals surface area contributed by atoms with Crippen LogP contribution < -0.4 is 5.32 Å². The maximum absolute atomic E-state index is 13.1. The van der Waals surface area contributed by atoms with E-state index < -0.39 is 16.1 Å². The fourth-order valence-corrected chi connectivity index (χ4v) is 5.54. The van der Waals surface area contributed by atoms with Gasteiger partial charge in [0.05, 0.1) is 0 Å². The van der Waals surface area contributed by atoms with Crippen LogP contribution in [0.4, 0.5) is 0 Å². The quantitative estimate of drug-likeness (QED) is 0.797. The summed E-state index contributed by atoms with van der Waals surface area (Å²) in [7, 11) is -3.70. The predicted octanol–water partition coefficient (Wildman–Crippen LogP) is 3.30. The van der Waals surface area contributed by atoms with Crippen molar-refractivity contribution < 1.29 is 13.2 Å². The largest absolute Gasteiger partial charge is 0.354 e. The summed E-state index contributed by atoms with van der Waals surface area (Å²) in [5.74, 6) is 0.589. The van der Waals surface area contributed by atoms with E-state index in [1.54, 1.807) is 24.3 Å². The lowest BCUT2D eigenvalue weighted by atomic mass is 9.95. The number of carbonyl (C=O) groups excluding carboxylic acids is 1. The van der Waals surface area contributed by atoms with Gasteiger partial charge < -0.3 is 10.2 Å². The number of piperidine rings is 1. The van der Waals surface area contributed by atoms with E-state index in [1.807, 2.05) is 23.1 Å². The van der Waals surface area contributed by atoms with Gasteiger partial charge in [-0.15, -0.1) is 4.40 Å². The molecule has 0 bridgehead atoms. The molecular formula is C23H27N3O3S. The number of fused-ring (bicyclic) bond motifs is 1. The molecule has 0 radical (unpaired) electrons. The lowest BCUT2D eigenvalue weighted by Gasteiger charge is -2.36. The number of sulfonamides is 1. The highest BCUT2D eigenvalue weighted by Gasteiger charge is 2.37. The van der Waals surface area contributed by atoms with Crippen molar-refractivity contribution >= 4 is 21.8 Å². The first kappa shape index (κ1) is 20.6. The summed E-state index contributed by atoms with van der Waals surface area (Å²) in [6.45, 7) is 3.30. The molecule has 0 saturated carbocycles. The smallest absolute Gasteiger partial charge is 0.285 e. The Morgan fingerprint density at radius 1 is 1.13 bits per heavy atom. The number of hydrogen-bond donors (Lipinski definition) is 1. The van der Waals surface area contributed by atoms with Gasteiger partial charge in [-0.3, -0.25) is 4.79 Å². The third-order valence-electron chi connectivity index (χ3n) is 5.98. The molecule has 1 saturated heterocycles. The van der Waals surface area contributed by atoms with Crippen LogP contribution in [-0.2, 0) is 14.8 Å². The zero-order valence-corrected chi connectivity index (χ0v) is 17.9. The van der Waals surface area contributed by atoms with Gasteiger partial charge in [0.2, 0.25) is 5.91 Å². The van der Waals surface area contributed by atoms with Crippen molar-refractivity contribution in [2.75, 3.05) is 13.1 Å². The number of benzene rings is 2. The van der Waals surface area contributed by atoms with Gasteiger partial charge in [-0.1, -0.05) is 49.4 Å². The van der Waals surface area contributed by atoms with E-state index in [1.165, 1.54) is 5.56 Å². The van der Waals surface area contributed by atoms with Crippen LogP contribution in [0, 0.1) is 0 Å². The van der Waals surface area contributed by atoms with Gasteiger partial charge in [0.15, 0.2) is 5.84 Å². The number of amidine groups is 1. The highest BCUT2D eigenvalue weighted by Crippen LogP contribution is 2.30. The summed E-state index contributed by atoms with van der Waals surface area (Å²) in [4.78, 5) is 15.2. The van der Waals surface area contributed by atoms with Gasteiger partial charge in [-0.05, 0) is 43.4 Å². The molecule has 0 spiro atoms. The van der Waals surface area contributed by atoms with E-state index in [9.17, 15) is 13.2 Å². The number of rotatable bonds is 5. The van der Waals surface area contributed by atoms with Crippen LogP contribution >= 0.6 is 0 Å². The van der Waals surface area contributed by atoms with Gasteiger partial charge in [0.25, 0.3) is 10.0 Å². The van der Waals surface area contributed by atoms with E-state index in [0.29, 0.717) is 30.9 Å². The molecule has 2 aliphatic heterocycles. The molecule has 2 aromatic rings. The normalized spacial score (nSPS) is 20.9. The van der Waals surface area contributed by atoms with E-state index in [2.05, 4.69) is 28.8 Å². The molecule has 1 fully saturated rings. The summed E-state index contributed by atoms with van der Waals surface area (Å²) < 4.78 is 29.0. The van der Waals surface area contributed by atoms with Crippen LogP contribution in [0.3, 0.4) is 0 Å². The molecular weight excluding hydrogens is 398 g/mol. The predicted molar refractivity (Wildman–Crippen MR) is 117 cm³/mol. The molecule has 30 heavy (non-hydrogen) atoms. The summed E-state index contributed by atoms with van der Waals surface area (Å²) in [5.41, 5.74) is 1.80. The zero-order valence-electron chi connectivity index (χ0n) is 17.1. The Kier molecular flexibility index (Phi) is 5.90. The van der Waals surface area contributed by atoms with Crippen molar-refractivity contribution in [1.82, 2.24) is 10.2 Å². The number of nitrogens with one attached hydrogen (secondary N) is 1. The first-order valence-electron chi connectivity index (χ1n) is 10.5. The monoisotopic (exact) mass is 425 g/mol. The summed E-state index contributed by atoms with van der Waals surface area (Å²) in [6.07, 6.45) is 3.46. The number of carbonyl (C=O) groups is 1. The van der Waals surface area contributed by atoms with E-state index in [0.717, 1.165) is 19.3 Å². The molecule has 0 unspecified atom stereocenters. The Balaban J connectivity index is 1.52. The topological polar surface area (TPSA) is 78.8 Å². The van der Waals surface area contributed by atoms with E-state index in [-0.39, 0.29) is 16.7 Å². The van der Waals surface area contributed by atoms with E-state index >= 15 is 0 Å². The molecule has 2 atom stereocenters. The fraction of sp³-hybridized carbons (Fsp3) is 0.391. The van der Waals surface area contributed by atoms with Gasteiger partial charge in [0, 0.05) is 24.6 Å². The van der Waals surface area contributed by atoms with Crippen molar-refractivity contribution in [1.29, 1.82) is 0 Å². The average Bonchev–Trinajstić information content (AvgIpc) is 3.06. The maximum atomic E-state index is 13.1. The standard InChI is InChI=1S/C23H27N3O3S/c1-2-17(18-10-4-3-5-11-18)16-24-23(27)20-13-8-9-15-26(20)22-19-12-6-7-14-21(19)30(28,29)25-22/h3-7,10-12,14,17,20H,2,8-9,13,15-16H2,1H3,(H,24,27)/t17-,20+/m0/s1. The third kappa shape index (κ3) is 3.99. The molecule has 7 heteroatoms. The maximum Gasteiger partial charge on any atom is 0.285 e. The number of hydrogen-bond acceptors (Lipinski definition) is 4. The molecule has 2 heterocycles. The van der Waals surface area contributed by atoms with Crippen molar-refractivity contribution in [3.63, 3.8) is 0 Å². The molecule has 0 aromatic heterocycles. The summed E-state index contributed by atoms with van der Waals surface area (Å²) >= 11 is 0. The Morgan fingerprint density at radius 3 is 2.63 bits per heavy atom.